The molecule has 2 rings (SSSR count). The molecular formula is C16H20N2O2S. The van der Waals surface area contributed by atoms with Gasteiger partial charge in [-0.15, -0.1) is 11.3 Å². The van der Waals surface area contributed by atoms with Crippen LogP contribution in [0.25, 0.3) is 0 Å². The maximum atomic E-state index is 11.4. The van der Waals surface area contributed by atoms with Gasteiger partial charge in [-0.3, -0.25) is 10.2 Å². The van der Waals surface area contributed by atoms with E-state index in [9.17, 15) is 4.79 Å². The number of carbonyl (C=O) groups excluding carboxylic acids is 1. The van der Waals surface area contributed by atoms with Crippen LogP contribution in [0, 0.1) is 6.92 Å². The zero-order valence-corrected chi connectivity index (χ0v) is 12.9. The summed E-state index contributed by atoms with van der Waals surface area (Å²) in [5.74, 6) is 4.88. The molecule has 1 heterocycles. The van der Waals surface area contributed by atoms with E-state index in [1.807, 2.05) is 19.1 Å². The van der Waals surface area contributed by atoms with Crippen molar-refractivity contribution < 1.29 is 9.53 Å². The number of hydrogen-bond acceptors (Lipinski definition) is 4. The second-order valence-electron chi connectivity index (χ2n) is 4.81. The number of benzene rings is 1. The molecule has 4 nitrogen and oxygen atoms in total. The number of rotatable bonds is 7. The van der Waals surface area contributed by atoms with Gasteiger partial charge in [0, 0.05) is 11.5 Å². The van der Waals surface area contributed by atoms with E-state index in [0.29, 0.717) is 18.1 Å². The van der Waals surface area contributed by atoms with Crippen molar-refractivity contribution in [2.24, 2.45) is 5.84 Å². The van der Waals surface area contributed by atoms with Crippen LogP contribution in [0.1, 0.15) is 32.1 Å². The van der Waals surface area contributed by atoms with Crippen molar-refractivity contribution >= 4 is 17.2 Å². The molecule has 1 amide bonds. The van der Waals surface area contributed by atoms with Gasteiger partial charge in [0.25, 0.3) is 5.91 Å². The molecule has 0 aliphatic heterocycles. The molecular weight excluding hydrogens is 284 g/mol. The lowest BCUT2D eigenvalue weighted by Crippen LogP contribution is -2.29. The fourth-order valence-corrected chi connectivity index (χ4v) is 2.98. The summed E-state index contributed by atoms with van der Waals surface area (Å²) in [6, 6.07) is 12.2. The zero-order chi connectivity index (χ0) is 15.1. The fourth-order valence-electron chi connectivity index (χ4n) is 2.05. The van der Waals surface area contributed by atoms with Crippen LogP contribution < -0.4 is 11.3 Å². The third-order valence-electron chi connectivity index (χ3n) is 3.23. The van der Waals surface area contributed by atoms with Crippen molar-refractivity contribution in [3.8, 4) is 0 Å². The maximum absolute atomic E-state index is 11.4. The minimum atomic E-state index is -0.251. The Balaban J connectivity index is 1.74. The molecule has 112 valence electrons. The van der Waals surface area contributed by atoms with Gasteiger partial charge in [-0.2, -0.15) is 0 Å². The number of carbonyl (C=O) groups is 1. The highest BCUT2D eigenvalue weighted by atomic mass is 32.1. The smallest absolute Gasteiger partial charge is 0.275 e. The van der Waals surface area contributed by atoms with Crippen molar-refractivity contribution in [2.75, 3.05) is 6.61 Å². The summed E-state index contributed by atoms with van der Waals surface area (Å²) in [5.41, 5.74) is 4.53. The average molecular weight is 304 g/mol. The molecule has 0 atom stereocenters. The lowest BCUT2D eigenvalue weighted by atomic mass is 10.1. The molecule has 5 heteroatoms. The lowest BCUT2D eigenvalue weighted by Gasteiger charge is -2.04. The molecule has 21 heavy (non-hydrogen) atoms. The van der Waals surface area contributed by atoms with Gasteiger partial charge in [-0.05, 0) is 37.0 Å². The number of hydrazine groups is 1. The standard InChI is InChI=1S/C16H20N2O2S/c1-12-14(10-15(21-12)16(19)18-17)11-20-9-5-8-13-6-3-2-4-7-13/h2-4,6-7,10H,5,8-9,11,17H2,1H3,(H,18,19). The molecule has 0 unspecified atom stereocenters. The number of thiophene rings is 1. The van der Waals surface area contributed by atoms with Crippen molar-refractivity contribution in [1.29, 1.82) is 0 Å². The number of nitrogen functional groups attached to an aromatic ring is 1. The number of ether oxygens (including phenoxy) is 1. The Morgan fingerprint density at radius 3 is 2.81 bits per heavy atom. The Labute approximate surface area is 128 Å². The minimum absolute atomic E-state index is 0.251. The normalized spacial score (nSPS) is 10.6. The first-order valence-corrected chi connectivity index (χ1v) is 7.74. The molecule has 0 saturated carbocycles. The fraction of sp³-hybridized carbons (Fsp3) is 0.312. The van der Waals surface area contributed by atoms with Gasteiger partial charge >= 0.3 is 0 Å². The number of nitrogens with two attached hydrogens (primary N) is 1. The summed E-state index contributed by atoms with van der Waals surface area (Å²) >= 11 is 1.44. The van der Waals surface area contributed by atoms with Crippen LogP contribution in [0.4, 0.5) is 0 Å². The number of nitrogens with one attached hydrogen (secondary N) is 1. The van der Waals surface area contributed by atoms with Crippen molar-refractivity contribution in [1.82, 2.24) is 5.43 Å². The lowest BCUT2D eigenvalue weighted by molar-refractivity contribution is 0.0957. The summed E-state index contributed by atoms with van der Waals surface area (Å²) in [4.78, 5) is 13.2. The van der Waals surface area contributed by atoms with Crippen LogP contribution >= 0.6 is 11.3 Å². The van der Waals surface area contributed by atoms with Gasteiger partial charge in [-0.25, -0.2) is 5.84 Å². The first-order valence-electron chi connectivity index (χ1n) is 6.92. The van der Waals surface area contributed by atoms with Gasteiger partial charge in [0.05, 0.1) is 11.5 Å². The highest BCUT2D eigenvalue weighted by Gasteiger charge is 2.11. The molecule has 0 fully saturated rings. The number of amides is 1. The summed E-state index contributed by atoms with van der Waals surface area (Å²) in [6.45, 7) is 3.23. The van der Waals surface area contributed by atoms with Crippen molar-refractivity contribution in [3.05, 3.63) is 57.3 Å². The third-order valence-corrected chi connectivity index (χ3v) is 4.32. The summed E-state index contributed by atoms with van der Waals surface area (Å²) < 4.78 is 5.69. The van der Waals surface area contributed by atoms with Gasteiger partial charge in [0.1, 0.15) is 0 Å². The van der Waals surface area contributed by atoms with E-state index in [4.69, 9.17) is 10.6 Å². The zero-order valence-electron chi connectivity index (χ0n) is 12.1. The Hall–Kier alpha value is -1.69. The Bertz CT molecular complexity index is 581. The van der Waals surface area contributed by atoms with Crippen molar-refractivity contribution in [2.45, 2.75) is 26.4 Å². The van der Waals surface area contributed by atoms with E-state index >= 15 is 0 Å². The predicted molar refractivity (Wildman–Crippen MR) is 85.1 cm³/mol. The van der Waals surface area contributed by atoms with Crippen molar-refractivity contribution in [3.63, 3.8) is 0 Å². The first-order chi connectivity index (χ1) is 10.2. The van der Waals surface area contributed by atoms with Gasteiger partial charge in [0.2, 0.25) is 0 Å². The highest BCUT2D eigenvalue weighted by Crippen LogP contribution is 2.22. The third kappa shape index (κ3) is 4.67. The predicted octanol–water partition coefficient (Wildman–Crippen LogP) is 2.81. The van der Waals surface area contributed by atoms with E-state index in [1.165, 1.54) is 16.9 Å². The molecule has 0 bridgehead atoms. The Morgan fingerprint density at radius 1 is 1.33 bits per heavy atom. The van der Waals surface area contributed by atoms with Crippen LogP contribution in [0.15, 0.2) is 36.4 Å². The molecule has 0 saturated heterocycles. The van der Waals surface area contributed by atoms with Crippen LogP contribution in [-0.2, 0) is 17.8 Å². The van der Waals surface area contributed by atoms with Gasteiger partial charge in [-0.1, -0.05) is 30.3 Å². The quantitative estimate of drug-likeness (QED) is 0.358. The number of hydrogen-bond donors (Lipinski definition) is 2. The van der Waals surface area contributed by atoms with Crippen LogP contribution in [0.5, 0.6) is 0 Å². The Kier molecular flexibility index (Phi) is 5.92. The second kappa shape index (κ2) is 7.93. The molecule has 0 aliphatic carbocycles. The van der Waals surface area contributed by atoms with Gasteiger partial charge < -0.3 is 4.74 Å². The molecule has 1 aromatic heterocycles. The molecule has 2 aromatic rings. The van der Waals surface area contributed by atoms with Gasteiger partial charge in [0.15, 0.2) is 0 Å². The van der Waals surface area contributed by atoms with E-state index in [2.05, 4.69) is 29.7 Å². The summed E-state index contributed by atoms with van der Waals surface area (Å²) in [7, 11) is 0. The average Bonchev–Trinajstić information content (AvgIpc) is 2.88. The SMILES string of the molecule is Cc1sc(C(=O)NN)cc1COCCCc1ccccc1. The van der Waals surface area contributed by atoms with E-state index < -0.39 is 0 Å². The number of aryl methyl sites for hydroxylation is 2. The second-order valence-corrected chi connectivity index (χ2v) is 6.06. The Morgan fingerprint density at radius 2 is 2.10 bits per heavy atom. The maximum Gasteiger partial charge on any atom is 0.275 e. The molecule has 3 N–H and O–H groups in total. The highest BCUT2D eigenvalue weighted by molar-refractivity contribution is 7.14. The largest absolute Gasteiger partial charge is 0.377 e. The van der Waals surface area contributed by atoms with E-state index in [0.717, 1.165) is 23.3 Å². The van der Waals surface area contributed by atoms with Crippen LogP contribution in [0.2, 0.25) is 0 Å². The van der Waals surface area contributed by atoms with Crippen LogP contribution in [-0.4, -0.2) is 12.5 Å². The molecule has 0 aliphatic rings. The monoisotopic (exact) mass is 304 g/mol. The molecule has 0 radical (unpaired) electrons. The van der Waals surface area contributed by atoms with Crippen LogP contribution in [0.3, 0.4) is 0 Å². The summed E-state index contributed by atoms with van der Waals surface area (Å²) in [6.07, 6.45) is 2.01. The summed E-state index contributed by atoms with van der Waals surface area (Å²) in [5, 5.41) is 0. The van der Waals surface area contributed by atoms with E-state index in [-0.39, 0.29) is 5.91 Å². The molecule has 0 spiro atoms. The first kappa shape index (κ1) is 15.7. The molecule has 1 aromatic carbocycles. The minimum Gasteiger partial charge on any atom is -0.377 e. The topological polar surface area (TPSA) is 64.4 Å². The van der Waals surface area contributed by atoms with E-state index in [1.54, 1.807) is 0 Å².